The molecule has 0 bridgehead atoms. The second-order valence-electron chi connectivity index (χ2n) is 5.50. The van der Waals surface area contributed by atoms with Crippen LogP contribution in [-0.2, 0) is 9.59 Å². The molecule has 2 aromatic rings. The summed E-state index contributed by atoms with van der Waals surface area (Å²) in [4.78, 5) is 23.7. The number of rotatable bonds is 8. The van der Waals surface area contributed by atoms with Crippen LogP contribution in [0.15, 0.2) is 54.6 Å². The Balaban J connectivity index is 2.07. The van der Waals surface area contributed by atoms with E-state index in [0.717, 1.165) is 5.56 Å². The molecule has 2 amide bonds. The van der Waals surface area contributed by atoms with Crippen molar-refractivity contribution in [1.82, 2.24) is 10.6 Å². The van der Waals surface area contributed by atoms with Gasteiger partial charge in [0.15, 0.2) is 0 Å². The summed E-state index contributed by atoms with van der Waals surface area (Å²) in [5.41, 5.74) is 1.51. The van der Waals surface area contributed by atoms with Gasteiger partial charge in [0.1, 0.15) is 11.8 Å². The fraction of sp³-hybridized carbons (Fsp3) is 0.263. The van der Waals surface area contributed by atoms with E-state index in [2.05, 4.69) is 16.0 Å². The molecule has 0 radical (unpaired) electrons. The molecule has 0 spiro atoms. The molecule has 0 heterocycles. The number of hydrogen-bond acceptors (Lipinski definition) is 4. The van der Waals surface area contributed by atoms with Gasteiger partial charge in [-0.2, -0.15) is 0 Å². The van der Waals surface area contributed by atoms with Crippen LogP contribution in [0.2, 0.25) is 0 Å². The normalized spacial score (nSPS) is 11.4. The number of anilines is 1. The van der Waals surface area contributed by atoms with Gasteiger partial charge in [-0.15, -0.1) is 0 Å². The van der Waals surface area contributed by atoms with E-state index in [1.165, 1.54) is 6.92 Å². The number of hydrogen-bond donors (Lipinski definition) is 3. The molecular formula is C19H23N3O3. The van der Waals surface area contributed by atoms with Gasteiger partial charge >= 0.3 is 0 Å². The Morgan fingerprint density at radius 1 is 1.04 bits per heavy atom. The maximum atomic E-state index is 12.7. The molecule has 1 atom stereocenters. The molecule has 0 saturated carbocycles. The van der Waals surface area contributed by atoms with Crippen LogP contribution < -0.4 is 20.7 Å². The van der Waals surface area contributed by atoms with Crippen LogP contribution in [0.3, 0.4) is 0 Å². The highest BCUT2D eigenvalue weighted by atomic mass is 16.5. The number of benzene rings is 2. The molecule has 0 aromatic heterocycles. The van der Waals surface area contributed by atoms with Crippen LogP contribution in [-0.4, -0.2) is 32.0 Å². The van der Waals surface area contributed by atoms with E-state index in [-0.39, 0.29) is 11.8 Å². The van der Waals surface area contributed by atoms with Gasteiger partial charge in [0, 0.05) is 31.8 Å². The Hall–Kier alpha value is -2.86. The lowest BCUT2D eigenvalue weighted by Gasteiger charge is -2.19. The van der Waals surface area contributed by atoms with Crippen LogP contribution in [0.5, 0.6) is 5.75 Å². The number of carbonyl (C=O) groups is 2. The van der Waals surface area contributed by atoms with Crippen molar-refractivity contribution in [3.63, 3.8) is 0 Å². The van der Waals surface area contributed by atoms with Crippen LogP contribution >= 0.6 is 0 Å². The Morgan fingerprint density at radius 2 is 1.80 bits per heavy atom. The summed E-state index contributed by atoms with van der Waals surface area (Å²) in [5.74, 6) is 0.397. The van der Waals surface area contributed by atoms with E-state index in [4.69, 9.17) is 4.74 Å². The van der Waals surface area contributed by atoms with Crippen molar-refractivity contribution < 1.29 is 14.3 Å². The fourth-order valence-electron chi connectivity index (χ4n) is 2.38. The largest absolute Gasteiger partial charge is 0.497 e. The number of amides is 2. The minimum atomic E-state index is -0.527. The second-order valence-corrected chi connectivity index (χ2v) is 5.50. The van der Waals surface area contributed by atoms with Crippen LogP contribution in [0, 0.1) is 0 Å². The average molecular weight is 341 g/mol. The second kappa shape index (κ2) is 9.44. The minimum absolute atomic E-state index is 0.0982. The molecule has 132 valence electrons. The minimum Gasteiger partial charge on any atom is -0.497 e. The summed E-state index contributed by atoms with van der Waals surface area (Å²) in [6.07, 6.45) is 0. The van der Waals surface area contributed by atoms with Gasteiger partial charge in [-0.25, -0.2) is 0 Å². The molecule has 6 heteroatoms. The molecule has 2 rings (SSSR count). The molecule has 0 aliphatic carbocycles. The standard InChI is InChI=1S/C19H23N3O3/c1-14(23)20-11-12-21-18(15-7-4-3-5-8-15)19(24)22-16-9-6-10-17(13-16)25-2/h3-10,13,18,21H,11-12H2,1-2H3,(H,20,23)(H,22,24). The Morgan fingerprint density at radius 3 is 2.48 bits per heavy atom. The summed E-state index contributed by atoms with van der Waals surface area (Å²) in [6.45, 7) is 2.39. The van der Waals surface area contributed by atoms with E-state index < -0.39 is 6.04 Å². The van der Waals surface area contributed by atoms with Gasteiger partial charge in [0.05, 0.1) is 7.11 Å². The van der Waals surface area contributed by atoms with Crippen molar-refractivity contribution in [2.24, 2.45) is 0 Å². The van der Waals surface area contributed by atoms with Crippen molar-refractivity contribution >= 4 is 17.5 Å². The molecule has 25 heavy (non-hydrogen) atoms. The monoisotopic (exact) mass is 341 g/mol. The number of carbonyl (C=O) groups excluding carboxylic acids is 2. The summed E-state index contributed by atoms with van der Waals surface area (Å²) in [5, 5.41) is 8.78. The van der Waals surface area contributed by atoms with E-state index in [0.29, 0.717) is 24.5 Å². The van der Waals surface area contributed by atoms with E-state index in [1.807, 2.05) is 42.5 Å². The predicted octanol–water partition coefficient (Wildman–Crippen LogP) is 2.10. The summed E-state index contributed by atoms with van der Waals surface area (Å²) >= 11 is 0. The number of ether oxygens (including phenoxy) is 1. The molecule has 0 saturated heterocycles. The Kier molecular flexibility index (Phi) is 6.98. The zero-order valence-corrected chi connectivity index (χ0v) is 14.4. The van der Waals surface area contributed by atoms with Crippen molar-refractivity contribution in [2.75, 3.05) is 25.5 Å². The van der Waals surface area contributed by atoms with Crippen LogP contribution in [0.4, 0.5) is 5.69 Å². The molecule has 1 unspecified atom stereocenters. The molecular weight excluding hydrogens is 318 g/mol. The first-order valence-electron chi connectivity index (χ1n) is 8.08. The van der Waals surface area contributed by atoms with Gasteiger partial charge < -0.3 is 20.7 Å². The van der Waals surface area contributed by atoms with E-state index >= 15 is 0 Å². The Labute approximate surface area is 147 Å². The lowest BCUT2D eigenvalue weighted by Crippen LogP contribution is -2.37. The SMILES string of the molecule is COc1cccc(NC(=O)C(NCCNC(C)=O)c2ccccc2)c1. The quantitative estimate of drug-likeness (QED) is 0.643. The molecule has 6 nitrogen and oxygen atoms in total. The third-order valence-corrected chi connectivity index (χ3v) is 3.58. The lowest BCUT2D eigenvalue weighted by molar-refractivity contribution is -0.119. The first kappa shape index (κ1) is 18.5. The predicted molar refractivity (Wildman–Crippen MR) is 97.5 cm³/mol. The van der Waals surface area contributed by atoms with Gasteiger partial charge in [0.2, 0.25) is 11.8 Å². The van der Waals surface area contributed by atoms with Gasteiger partial charge in [-0.05, 0) is 17.7 Å². The maximum absolute atomic E-state index is 12.7. The third-order valence-electron chi connectivity index (χ3n) is 3.58. The fourth-order valence-corrected chi connectivity index (χ4v) is 2.38. The molecule has 3 N–H and O–H groups in total. The van der Waals surface area contributed by atoms with Crippen molar-refractivity contribution in [2.45, 2.75) is 13.0 Å². The highest BCUT2D eigenvalue weighted by Crippen LogP contribution is 2.19. The zero-order valence-electron chi connectivity index (χ0n) is 14.4. The topological polar surface area (TPSA) is 79.5 Å². The van der Waals surface area contributed by atoms with E-state index in [1.54, 1.807) is 19.2 Å². The van der Waals surface area contributed by atoms with E-state index in [9.17, 15) is 9.59 Å². The maximum Gasteiger partial charge on any atom is 0.246 e. The smallest absolute Gasteiger partial charge is 0.246 e. The van der Waals surface area contributed by atoms with Crippen LogP contribution in [0.1, 0.15) is 18.5 Å². The highest BCUT2D eigenvalue weighted by Gasteiger charge is 2.20. The van der Waals surface area contributed by atoms with Crippen LogP contribution in [0.25, 0.3) is 0 Å². The summed E-state index contributed by atoms with van der Waals surface area (Å²) in [7, 11) is 1.58. The first-order chi connectivity index (χ1) is 12.1. The van der Waals surface area contributed by atoms with Gasteiger partial charge in [-0.1, -0.05) is 36.4 Å². The lowest BCUT2D eigenvalue weighted by atomic mass is 10.1. The number of methoxy groups -OCH3 is 1. The van der Waals surface area contributed by atoms with Crippen molar-refractivity contribution in [3.05, 3.63) is 60.2 Å². The van der Waals surface area contributed by atoms with Gasteiger partial charge in [0.25, 0.3) is 0 Å². The number of nitrogens with one attached hydrogen (secondary N) is 3. The molecule has 0 fully saturated rings. The average Bonchev–Trinajstić information content (AvgIpc) is 2.62. The molecule has 0 aliphatic heterocycles. The first-order valence-corrected chi connectivity index (χ1v) is 8.08. The summed E-state index contributed by atoms with van der Waals surface area (Å²) < 4.78 is 5.18. The zero-order chi connectivity index (χ0) is 18.1. The van der Waals surface area contributed by atoms with Crippen molar-refractivity contribution in [1.29, 1.82) is 0 Å². The summed E-state index contributed by atoms with van der Waals surface area (Å²) in [6, 6.07) is 16.1. The highest BCUT2D eigenvalue weighted by molar-refractivity contribution is 5.95. The molecule has 2 aromatic carbocycles. The third kappa shape index (κ3) is 5.93. The van der Waals surface area contributed by atoms with Gasteiger partial charge in [-0.3, -0.25) is 9.59 Å². The Bertz CT molecular complexity index is 704. The van der Waals surface area contributed by atoms with Crippen molar-refractivity contribution in [3.8, 4) is 5.75 Å². The molecule has 0 aliphatic rings.